The van der Waals surface area contributed by atoms with Crippen LogP contribution in [0, 0.1) is 51.2 Å². The first-order chi connectivity index (χ1) is 15.6. The van der Waals surface area contributed by atoms with Crippen LogP contribution in [0.5, 0.6) is 0 Å². The second-order valence-corrected chi connectivity index (χ2v) is 15.1. The third-order valence-electron chi connectivity index (χ3n) is 13.2. The molecule has 0 bridgehead atoms. The summed E-state index contributed by atoms with van der Waals surface area (Å²) >= 11 is 0. The average Bonchev–Trinajstić information content (AvgIpc) is 3.11. The fourth-order valence-corrected chi connectivity index (χ4v) is 10.7. The third-order valence-corrected chi connectivity index (χ3v) is 13.2. The molecule has 0 aromatic heterocycles. The van der Waals surface area contributed by atoms with Gasteiger partial charge in [-0.25, -0.2) is 0 Å². The summed E-state index contributed by atoms with van der Waals surface area (Å²) in [6.45, 7) is 22.0. The summed E-state index contributed by atoms with van der Waals surface area (Å²) in [5, 5.41) is 11.8. The van der Waals surface area contributed by atoms with Gasteiger partial charge in [-0.2, -0.15) is 0 Å². The van der Waals surface area contributed by atoms with E-state index in [9.17, 15) is 5.11 Å². The van der Waals surface area contributed by atoms with Crippen molar-refractivity contribution >= 4 is 0 Å². The quantitative estimate of drug-likeness (QED) is 0.407. The van der Waals surface area contributed by atoms with E-state index in [0.29, 0.717) is 34.0 Å². The molecule has 0 amide bonds. The van der Waals surface area contributed by atoms with Gasteiger partial charge in [0, 0.05) is 7.11 Å². The van der Waals surface area contributed by atoms with Gasteiger partial charge in [-0.3, -0.25) is 0 Å². The lowest BCUT2D eigenvalue weighted by Crippen LogP contribution is -2.66. The third kappa shape index (κ3) is 3.70. The van der Waals surface area contributed by atoms with Gasteiger partial charge in [-0.1, -0.05) is 53.2 Å². The molecule has 0 saturated heterocycles. The van der Waals surface area contributed by atoms with E-state index >= 15 is 0 Å². The Morgan fingerprint density at radius 3 is 2.24 bits per heavy atom. The van der Waals surface area contributed by atoms with Crippen molar-refractivity contribution in [2.45, 2.75) is 132 Å². The fourth-order valence-electron chi connectivity index (χ4n) is 10.7. The van der Waals surface area contributed by atoms with Crippen molar-refractivity contribution in [3.8, 4) is 0 Å². The van der Waals surface area contributed by atoms with Crippen LogP contribution in [0.25, 0.3) is 0 Å². The summed E-state index contributed by atoms with van der Waals surface area (Å²) in [4.78, 5) is 0. The Morgan fingerprint density at radius 2 is 1.62 bits per heavy atom. The highest BCUT2D eigenvalue weighted by molar-refractivity contribution is 5.20. The second kappa shape index (κ2) is 8.61. The van der Waals surface area contributed by atoms with Crippen molar-refractivity contribution in [2.75, 3.05) is 7.11 Å². The molecule has 196 valence electrons. The van der Waals surface area contributed by atoms with E-state index in [1.54, 1.807) is 0 Å². The molecule has 4 rings (SSSR count). The van der Waals surface area contributed by atoms with Crippen molar-refractivity contribution in [1.82, 2.24) is 0 Å². The Hall–Kier alpha value is -0.340. The molecule has 0 aromatic rings. The summed E-state index contributed by atoms with van der Waals surface area (Å²) in [6, 6.07) is 0. The molecule has 2 heteroatoms. The predicted octanol–water partition coefficient (Wildman–Crippen LogP) is 8.43. The Bertz CT molecular complexity index is 791. The number of ether oxygens (including phenoxy) is 1. The van der Waals surface area contributed by atoms with Crippen LogP contribution in [-0.4, -0.2) is 23.9 Å². The highest BCUT2D eigenvalue weighted by Gasteiger charge is 2.71. The molecule has 4 aliphatic rings. The van der Waals surface area contributed by atoms with Gasteiger partial charge in [-0.05, 0) is 130 Å². The second-order valence-electron chi connectivity index (χ2n) is 15.1. The van der Waals surface area contributed by atoms with Gasteiger partial charge in [0.15, 0.2) is 0 Å². The molecule has 2 nitrogen and oxygen atoms in total. The first-order valence-corrected chi connectivity index (χ1v) is 14.5. The van der Waals surface area contributed by atoms with E-state index in [1.807, 2.05) is 7.11 Å². The minimum absolute atomic E-state index is 0.239. The summed E-state index contributed by atoms with van der Waals surface area (Å²) in [5.41, 5.74) is 2.11. The standard InChI is InChI=1S/C32H56O2/c1-21(2)12-11-16-32(9,33)23-14-18-31(8)27(23)24(34-10)20-26-29(6)17-13-22(3)28(4,5)25(29)15-19-30(26,31)7/h12,22-27,33H,11,13-20H2,1-10H3/t22-,23?,24+,25?,26?,27?,29-,30+,31+,32?/m0/s1. The highest BCUT2D eigenvalue weighted by Crippen LogP contribution is 2.76. The number of hydrogen-bond acceptors (Lipinski definition) is 2. The summed E-state index contributed by atoms with van der Waals surface area (Å²) < 4.78 is 6.41. The summed E-state index contributed by atoms with van der Waals surface area (Å²) in [6.07, 6.45) is 13.4. The lowest BCUT2D eigenvalue weighted by molar-refractivity contribution is -0.244. The van der Waals surface area contributed by atoms with Gasteiger partial charge in [-0.15, -0.1) is 0 Å². The van der Waals surface area contributed by atoms with E-state index in [0.717, 1.165) is 31.1 Å². The number of fused-ring (bicyclic) bond motifs is 5. The van der Waals surface area contributed by atoms with Crippen molar-refractivity contribution < 1.29 is 9.84 Å². The van der Waals surface area contributed by atoms with Gasteiger partial charge in [0.05, 0.1) is 11.7 Å². The van der Waals surface area contributed by atoms with Gasteiger partial charge < -0.3 is 9.84 Å². The number of hydrogen-bond donors (Lipinski definition) is 1. The first-order valence-electron chi connectivity index (χ1n) is 14.5. The van der Waals surface area contributed by atoms with Crippen LogP contribution in [0.3, 0.4) is 0 Å². The molecular weight excluding hydrogens is 416 g/mol. The van der Waals surface area contributed by atoms with Crippen LogP contribution >= 0.6 is 0 Å². The molecule has 34 heavy (non-hydrogen) atoms. The van der Waals surface area contributed by atoms with Crippen molar-refractivity contribution in [3.05, 3.63) is 11.6 Å². The fraction of sp³-hybridized carbons (Fsp3) is 0.938. The monoisotopic (exact) mass is 472 g/mol. The first kappa shape index (κ1) is 26.7. The van der Waals surface area contributed by atoms with Crippen LogP contribution in [0.4, 0.5) is 0 Å². The largest absolute Gasteiger partial charge is 0.390 e. The minimum atomic E-state index is -0.627. The van der Waals surface area contributed by atoms with Crippen LogP contribution in [0.15, 0.2) is 11.6 Å². The van der Waals surface area contributed by atoms with Gasteiger partial charge in [0.1, 0.15) is 0 Å². The molecule has 4 saturated carbocycles. The Balaban J connectivity index is 1.69. The molecule has 5 unspecified atom stereocenters. The van der Waals surface area contributed by atoms with Crippen LogP contribution < -0.4 is 0 Å². The topological polar surface area (TPSA) is 29.5 Å². The van der Waals surface area contributed by atoms with Crippen LogP contribution in [0.2, 0.25) is 0 Å². The van der Waals surface area contributed by atoms with Crippen molar-refractivity contribution in [2.24, 2.45) is 51.2 Å². The maximum Gasteiger partial charge on any atom is 0.0654 e. The van der Waals surface area contributed by atoms with Crippen molar-refractivity contribution in [1.29, 1.82) is 0 Å². The van der Waals surface area contributed by atoms with Gasteiger partial charge in [0.2, 0.25) is 0 Å². The molecule has 0 aromatic carbocycles. The molecule has 0 radical (unpaired) electrons. The number of allylic oxidation sites excluding steroid dienone is 2. The van der Waals surface area contributed by atoms with E-state index in [-0.39, 0.29) is 11.5 Å². The molecule has 1 N–H and O–H groups in total. The Kier molecular flexibility index (Phi) is 6.77. The molecule has 0 aliphatic heterocycles. The van der Waals surface area contributed by atoms with Gasteiger partial charge >= 0.3 is 0 Å². The Labute approximate surface area is 211 Å². The Morgan fingerprint density at radius 1 is 0.971 bits per heavy atom. The number of aliphatic hydroxyl groups is 1. The molecular formula is C32H56O2. The van der Waals surface area contributed by atoms with Gasteiger partial charge in [0.25, 0.3) is 0 Å². The smallest absolute Gasteiger partial charge is 0.0654 e. The number of rotatable bonds is 5. The summed E-state index contributed by atoms with van der Waals surface area (Å²) in [7, 11) is 1.95. The summed E-state index contributed by atoms with van der Waals surface area (Å²) in [5.74, 6) is 3.12. The van der Waals surface area contributed by atoms with Crippen LogP contribution in [-0.2, 0) is 4.74 Å². The van der Waals surface area contributed by atoms with E-state index in [2.05, 4.69) is 68.4 Å². The molecule has 4 aliphatic carbocycles. The predicted molar refractivity (Wildman–Crippen MR) is 144 cm³/mol. The zero-order valence-electron chi connectivity index (χ0n) is 24.3. The molecule has 0 spiro atoms. The van der Waals surface area contributed by atoms with Crippen LogP contribution in [0.1, 0.15) is 120 Å². The highest BCUT2D eigenvalue weighted by atomic mass is 16.5. The average molecular weight is 473 g/mol. The minimum Gasteiger partial charge on any atom is -0.390 e. The normalized spacial score (nSPS) is 49.4. The molecule has 10 atom stereocenters. The molecule has 4 fully saturated rings. The van der Waals surface area contributed by atoms with E-state index < -0.39 is 5.60 Å². The zero-order valence-corrected chi connectivity index (χ0v) is 24.3. The van der Waals surface area contributed by atoms with E-state index in [1.165, 1.54) is 44.1 Å². The number of methoxy groups -OCH3 is 1. The lowest BCUT2D eigenvalue weighted by Gasteiger charge is -2.71. The van der Waals surface area contributed by atoms with E-state index in [4.69, 9.17) is 4.74 Å². The lowest BCUT2D eigenvalue weighted by atomic mass is 9.34. The van der Waals surface area contributed by atoms with Crippen molar-refractivity contribution in [3.63, 3.8) is 0 Å². The zero-order chi connectivity index (χ0) is 25.3. The molecule has 0 heterocycles. The maximum absolute atomic E-state index is 11.8. The SMILES string of the molecule is CO[C@@H]1CC2[C@@]3(C)CC[C@H](C)C(C)(C)C3CC[C@@]2(C)[C@]2(C)CCC(C(C)(O)CCC=C(C)C)C12. The maximum atomic E-state index is 11.8.